The summed E-state index contributed by atoms with van der Waals surface area (Å²) in [7, 11) is 0. The predicted octanol–water partition coefficient (Wildman–Crippen LogP) is 3.06. The second kappa shape index (κ2) is 4.50. The molecule has 1 aliphatic carbocycles. The van der Waals surface area contributed by atoms with Gasteiger partial charge in [0.15, 0.2) is 0 Å². The Morgan fingerprint density at radius 2 is 2.33 bits per heavy atom. The van der Waals surface area contributed by atoms with Crippen molar-refractivity contribution in [3.8, 4) is 0 Å². The molecule has 0 saturated carbocycles. The van der Waals surface area contributed by atoms with Crippen molar-refractivity contribution in [1.29, 1.82) is 0 Å². The number of thiophene rings is 1. The second-order valence-electron chi connectivity index (χ2n) is 5.29. The largest absolute Gasteiger partial charge is 0.310 e. The zero-order valence-electron chi connectivity index (χ0n) is 10.9. The van der Waals surface area contributed by atoms with E-state index in [-0.39, 0.29) is 5.56 Å². The number of aryl methyl sites for hydroxylation is 2. The van der Waals surface area contributed by atoms with Crippen LogP contribution in [0.5, 0.6) is 0 Å². The zero-order valence-corrected chi connectivity index (χ0v) is 11.7. The molecule has 2 aromatic rings. The summed E-state index contributed by atoms with van der Waals surface area (Å²) in [5.74, 6) is 1.57. The molecular formula is C14H18N2OS. The molecule has 3 nitrogen and oxygen atoms in total. The Kier molecular flexibility index (Phi) is 2.98. The fourth-order valence-corrected chi connectivity index (χ4v) is 4.15. The molecular weight excluding hydrogens is 244 g/mol. The topological polar surface area (TPSA) is 45.8 Å². The fraction of sp³-hybridized carbons (Fsp3) is 0.571. The van der Waals surface area contributed by atoms with Crippen molar-refractivity contribution < 1.29 is 0 Å². The van der Waals surface area contributed by atoms with E-state index in [9.17, 15) is 4.79 Å². The summed E-state index contributed by atoms with van der Waals surface area (Å²) in [4.78, 5) is 22.1. The number of rotatable bonds is 2. The van der Waals surface area contributed by atoms with Gasteiger partial charge in [0.2, 0.25) is 0 Å². The van der Waals surface area contributed by atoms with Gasteiger partial charge in [-0.1, -0.05) is 13.8 Å². The van der Waals surface area contributed by atoms with Gasteiger partial charge < -0.3 is 4.98 Å². The maximum absolute atomic E-state index is 12.2. The molecule has 0 amide bonds. The quantitative estimate of drug-likeness (QED) is 0.904. The number of hydrogen-bond donors (Lipinski definition) is 1. The van der Waals surface area contributed by atoms with Crippen LogP contribution in [-0.4, -0.2) is 9.97 Å². The van der Waals surface area contributed by atoms with Crippen molar-refractivity contribution in [2.75, 3.05) is 0 Å². The van der Waals surface area contributed by atoms with Crippen LogP contribution in [0.4, 0.5) is 0 Å². The van der Waals surface area contributed by atoms with Gasteiger partial charge in [-0.05, 0) is 37.2 Å². The molecule has 1 atom stereocenters. The van der Waals surface area contributed by atoms with Gasteiger partial charge in [0.25, 0.3) is 5.56 Å². The number of nitrogens with zero attached hydrogens (tertiary/aromatic N) is 1. The number of nitrogens with one attached hydrogen (secondary N) is 1. The van der Waals surface area contributed by atoms with Crippen LogP contribution in [-0.2, 0) is 19.3 Å². The summed E-state index contributed by atoms with van der Waals surface area (Å²) in [6.45, 7) is 4.39. The Balaban J connectivity index is 2.19. The Bertz CT molecular complexity index is 641. The van der Waals surface area contributed by atoms with Crippen molar-refractivity contribution in [3.63, 3.8) is 0 Å². The third-order valence-electron chi connectivity index (χ3n) is 3.70. The molecule has 0 saturated heterocycles. The van der Waals surface area contributed by atoms with Crippen molar-refractivity contribution in [2.24, 2.45) is 5.92 Å². The van der Waals surface area contributed by atoms with Gasteiger partial charge in [0.05, 0.1) is 5.39 Å². The highest BCUT2D eigenvalue weighted by Crippen LogP contribution is 2.35. The highest BCUT2D eigenvalue weighted by atomic mass is 32.1. The summed E-state index contributed by atoms with van der Waals surface area (Å²) >= 11 is 1.73. The molecule has 1 N–H and O–H groups in total. The summed E-state index contributed by atoms with van der Waals surface area (Å²) < 4.78 is 0. The lowest BCUT2D eigenvalue weighted by atomic mass is 9.89. The molecule has 0 radical (unpaired) electrons. The van der Waals surface area contributed by atoms with Gasteiger partial charge in [-0.2, -0.15) is 0 Å². The van der Waals surface area contributed by atoms with E-state index in [2.05, 4.69) is 23.8 Å². The van der Waals surface area contributed by atoms with Crippen LogP contribution < -0.4 is 5.56 Å². The first-order valence-corrected chi connectivity index (χ1v) is 7.54. The first kappa shape index (κ1) is 11.9. The number of fused-ring (bicyclic) bond motifs is 3. The smallest absolute Gasteiger partial charge is 0.259 e. The lowest BCUT2D eigenvalue weighted by molar-refractivity contribution is 0.509. The SMILES string of the molecule is CCCc1nc2sc3c(c2c(=O)[nH]1)CCC(C)C3. The van der Waals surface area contributed by atoms with Gasteiger partial charge >= 0.3 is 0 Å². The van der Waals surface area contributed by atoms with Crippen molar-refractivity contribution in [3.05, 3.63) is 26.6 Å². The van der Waals surface area contributed by atoms with E-state index in [4.69, 9.17) is 0 Å². The highest BCUT2D eigenvalue weighted by molar-refractivity contribution is 7.18. The Morgan fingerprint density at radius 3 is 3.11 bits per heavy atom. The predicted molar refractivity (Wildman–Crippen MR) is 75.4 cm³/mol. The molecule has 2 aromatic heterocycles. The van der Waals surface area contributed by atoms with E-state index < -0.39 is 0 Å². The van der Waals surface area contributed by atoms with Crippen molar-refractivity contribution in [1.82, 2.24) is 9.97 Å². The normalized spacial score (nSPS) is 19.1. The molecule has 0 aliphatic heterocycles. The molecule has 1 unspecified atom stereocenters. The second-order valence-corrected chi connectivity index (χ2v) is 6.38. The number of H-pyrrole nitrogens is 1. The fourth-order valence-electron chi connectivity index (χ4n) is 2.75. The van der Waals surface area contributed by atoms with Crippen LogP contribution in [0, 0.1) is 5.92 Å². The van der Waals surface area contributed by atoms with Gasteiger partial charge in [0.1, 0.15) is 10.7 Å². The van der Waals surface area contributed by atoms with Gasteiger partial charge in [-0.15, -0.1) is 11.3 Å². The summed E-state index contributed by atoms with van der Waals surface area (Å²) in [6.07, 6.45) is 5.20. The van der Waals surface area contributed by atoms with Gasteiger partial charge in [-0.3, -0.25) is 4.79 Å². The maximum atomic E-state index is 12.2. The summed E-state index contributed by atoms with van der Waals surface area (Å²) in [5.41, 5.74) is 1.33. The highest BCUT2D eigenvalue weighted by Gasteiger charge is 2.22. The van der Waals surface area contributed by atoms with Crippen LogP contribution in [0.15, 0.2) is 4.79 Å². The first-order chi connectivity index (χ1) is 8.69. The van der Waals surface area contributed by atoms with Crippen LogP contribution in [0.2, 0.25) is 0 Å². The Hall–Kier alpha value is -1.16. The molecule has 18 heavy (non-hydrogen) atoms. The molecule has 96 valence electrons. The lowest BCUT2D eigenvalue weighted by Gasteiger charge is -2.17. The number of aromatic nitrogens is 2. The third-order valence-corrected chi connectivity index (χ3v) is 4.85. The minimum Gasteiger partial charge on any atom is -0.310 e. The van der Waals surface area contributed by atoms with Crippen LogP contribution in [0.3, 0.4) is 0 Å². The molecule has 3 rings (SSSR count). The molecule has 0 spiro atoms. The molecule has 1 aliphatic rings. The van der Waals surface area contributed by atoms with Crippen LogP contribution in [0.25, 0.3) is 10.2 Å². The third kappa shape index (κ3) is 1.88. The Morgan fingerprint density at radius 1 is 1.50 bits per heavy atom. The molecule has 0 aromatic carbocycles. The first-order valence-electron chi connectivity index (χ1n) is 6.72. The van der Waals surface area contributed by atoms with E-state index in [1.54, 1.807) is 11.3 Å². The van der Waals surface area contributed by atoms with Crippen molar-refractivity contribution >= 4 is 21.6 Å². The van der Waals surface area contributed by atoms with E-state index in [0.717, 1.165) is 47.6 Å². The van der Waals surface area contributed by atoms with Crippen LogP contribution >= 0.6 is 11.3 Å². The minimum absolute atomic E-state index is 0.0653. The van der Waals surface area contributed by atoms with E-state index >= 15 is 0 Å². The van der Waals surface area contributed by atoms with E-state index in [0.29, 0.717) is 0 Å². The average Bonchev–Trinajstić information content (AvgIpc) is 2.66. The lowest BCUT2D eigenvalue weighted by Crippen LogP contribution is -2.14. The molecule has 4 heteroatoms. The van der Waals surface area contributed by atoms with Gasteiger partial charge in [0, 0.05) is 11.3 Å². The van der Waals surface area contributed by atoms with Crippen LogP contribution in [0.1, 0.15) is 43.0 Å². The maximum Gasteiger partial charge on any atom is 0.259 e. The monoisotopic (exact) mass is 262 g/mol. The van der Waals surface area contributed by atoms with E-state index in [1.165, 1.54) is 16.9 Å². The molecule has 0 bridgehead atoms. The zero-order chi connectivity index (χ0) is 12.7. The number of hydrogen-bond acceptors (Lipinski definition) is 3. The summed E-state index contributed by atoms with van der Waals surface area (Å²) in [5, 5.41) is 0.863. The number of aromatic amines is 1. The van der Waals surface area contributed by atoms with Gasteiger partial charge in [-0.25, -0.2) is 4.98 Å². The standard InChI is InChI=1S/C14H18N2OS/c1-3-4-11-15-13(17)12-9-6-5-8(2)7-10(9)18-14(12)16-11/h8H,3-7H2,1-2H3,(H,15,16,17). The minimum atomic E-state index is 0.0653. The molecule has 0 fully saturated rings. The molecule has 2 heterocycles. The van der Waals surface area contributed by atoms with Crippen molar-refractivity contribution in [2.45, 2.75) is 46.0 Å². The average molecular weight is 262 g/mol. The Labute approximate surface area is 110 Å². The van der Waals surface area contributed by atoms with E-state index in [1.807, 2.05) is 0 Å². The summed E-state index contributed by atoms with van der Waals surface area (Å²) in [6, 6.07) is 0.